The first kappa shape index (κ1) is 28.7. The molecule has 3 rings (SSSR count). The quantitative estimate of drug-likeness (QED) is 0.226. The van der Waals surface area contributed by atoms with Gasteiger partial charge >= 0.3 is 12.1 Å². The minimum absolute atomic E-state index is 0.232. The van der Waals surface area contributed by atoms with Gasteiger partial charge in [0.05, 0.1) is 40.9 Å². The van der Waals surface area contributed by atoms with E-state index in [1.165, 1.54) is 0 Å². The number of hydrogen-bond donors (Lipinski definition) is 1. The number of sulfonamides is 1. The second-order valence-corrected chi connectivity index (χ2v) is 10.0. The Hall–Kier alpha value is -3.84. The van der Waals surface area contributed by atoms with Crippen LogP contribution in [0.15, 0.2) is 64.1 Å². The molecular weight excluding hydrogens is 551 g/mol. The van der Waals surface area contributed by atoms with E-state index in [0.29, 0.717) is 33.3 Å². The van der Waals surface area contributed by atoms with Crippen molar-refractivity contribution in [1.82, 2.24) is 5.43 Å². The van der Waals surface area contributed by atoms with Gasteiger partial charge in [0.25, 0.3) is 5.91 Å². The number of amides is 1. The molecule has 1 N–H and O–H groups in total. The highest BCUT2D eigenvalue weighted by Crippen LogP contribution is 2.36. The summed E-state index contributed by atoms with van der Waals surface area (Å²) < 4.78 is 74.8. The number of nitrogens with one attached hydrogen (secondary N) is 1. The molecule has 0 radical (unpaired) electrons. The topological polar surface area (TPSA) is 118 Å². The number of anilines is 1. The van der Waals surface area contributed by atoms with Gasteiger partial charge in [-0.15, -0.1) is 0 Å². The van der Waals surface area contributed by atoms with Gasteiger partial charge in [-0.2, -0.15) is 18.3 Å². The normalized spacial score (nSPS) is 11.9. The van der Waals surface area contributed by atoms with E-state index in [4.69, 9.17) is 20.8 Å². The third-order valence-electron chi connectivity index (χ3n) is 4.92. The lowest BCUT2D eigenvalue weighted by Crippen LogP contribution is -2.39. The maximum absolute atomic E-state index is 13.1. The molecule has 0 unspecified atom stereocenters. The number of halogens is 4. The summed E-state index contributed by atoms with van der Waals surface area (Å²) in [5, 5.41) is 3.41. The second kappa shape index (κ2) is 11.7. The molecule has 0 aliphatic rings. The van der Waals surface area contributed by atoms with Crippen molar-refractivity contribution in [3.8, 4) is 11.3 Å². The number of alkyl halides is 3. The molecule has 0 saturated carbocycles. The Morgan fingerprint density at radius 3 is 2.42 bits per heavy atom. The molecule has 1 amide bonds. The van der Waals surface area contributed by atoms with Crippen LogP contribution >= 0.6 is 11.6 Å². The summed E-state index contributed by atoms with van der Waals surface area (Å²) in [7, 11) is -4.19. The van der Waals surface area contributed by atoms with E-state index in [0.717, 1.165) is 18.5 Å². The molecule has 0 spiro atoms. The monoisotopic (exact) mass is 571 g/mol. The zero-order valence-electron chi connectivity index (χ0n) is 20.0. The smallest absolute Gasteiger partial charge is 0.416 e. The minimum atomic E-state index is -4.75. The highest BCUT2D eigenvalue weighted by molar-refractivity contribution is 7.92. The number of carbonyl (C=O) groups excluding carboxylic acids is 2. The first-order valence-electron chi connectivity index (χ1n) is 10.8. The van der Waals surface area contributed by atoms with Crippen molar-refractivity contribution in [2.45, 2.75) is 13.1 Å². The van der Waals surface area contributed by atoms with E-state index in [2.05, 4.69) is 10.5 Å². The largest absolute Gasteiger partial charge is 0.462 e. The van der Waals surface area contributed by atoms with Gasteiger partial charge in [0.15, 0.2) is 0 Å². The summed E-state index contributed by atoms with van der Waals surface area (Å²) in [6, 6.07) is 11.8. The first-order valence-corrected chi connectivity index (χ1v) is 13.1. The van der Waals surface area contributed by atoms with Gasteiger partial charge in [0.2, 0.25) is 10.0 Å². The number of nitrogens with zero attached hydrogens (tertiary/aromatic N) is 2. The number of benzene rings is 2. The summed E-state index contributed by atoms with van der Waals surface area (Å²) in [6.07, 6.45) is -2.87. The molecule has 0 saturated heterocycles. The number of furan rings is 1. The Bertz CT molecular complexity index is 1450. The third kappa shape index (κ3) is 7.35. The van der Waals surface area contributed by atoms with Crippen LogP contribution in [-0.4, -0.2) is 45.9 Å². The molecule has 0 atom stereocenters. The number of esters is 1. The fraction of sp³-hybridized carbons (Fsp3) is 0.208. The molecule has 2 aromatic carbocycles. The van der Waals surface area contributed by atoms with Crippen molar-refractivity contribution in [1.29, 1.82) is 0 Å². The van der Waals surface area contributed by atoms with Crippen molar-refractivity contribution in [2.75, 3.05) is 23.7 Å². The van der Waals surface area contributed by atoms with Crippen molar-refractivity contribution >= 4 is 45.4 Å². The summed E-state index contributed by atoms with van der Waals surface area (Å²) in [4.78, 5) is 24.1. The van der Waals surface area contributed by atoms with Gasteiger partial charge < -0.3 is 9.15 Å². The lowest BCUT2D eigenvalue weighted by molar-refractivity contribution is -0.137. The van der Waals surface area contributed by atoms with Crippen molar-refractivity contribution in [2.24, 2.45) is 5.10 Å². The lowest BCUT2D eigenvalue weighted by atomic mass is 10.1. The Balaban J connectivity index is 1.69. The maximum Gasteiger partial charge on any atom is 0.416 e. The predicted octanol–water partition coefficient (Wildman–Crippen LogP) is 4.71. The zero-order valence-corrected chi connectivity index (χ0v) is 21.5. The maximum atomic E-state index is 13.1. The van der Waals surface area contributed by atoms with Crippen LogP contribution < -0.4 is 9.73 Å². The van der Waals surface area contributed by atoms with Crippen LogP contribution in [0.5, 0.6) is 0 Å². The Morgan fingerprint density at radius 1 is 1.13 bits per heavy atom. The fourth-order valence-electron chi connectivity index (χ4n) is 3.16. The van der Waals surface area contributed by atoms with Gasteiger partial charge in [-0.3, -0.25) is 9.10 Å². The molecular formula is C24H21ClF3N3O6S. The standard InChI is InChI=1S/C24H21ClF3N3O6S/c1-3-36-23(33)16-6-4-15(5-7-16)21-11-9-18(37-21)13-29-30-22(32)14-31(38(2,34)35)20-12-17(24(26,27)28)8-10-19(20)25/h4-13H,3,14H2,1-2H3,(H,30,32)/b29-13-. The van der Waals surface area contributed by atoms with Crippen molar-refractivity contribution in [3.05, 3.63) is 76.5 Å². The van der Waals surface area contributed by atoms with E-state index >= 15 is 0 Å². The van der Waals surface area contributed by atoms with Crippen molar-refractivity contribution < 1.29 is 40.3 Å². The van der Waals surface area contributed by atoms with Crippen LogP contribution in [0, 0.1) is 0 Å². The molecule has 3 aromatic rings. The van der Waals surface area contributed by atoms with Crippen LogP contribution in [0.2, 0.25) is 5.02 Å². The van der Waals surface area contributed by atoms with E-state index in [9.17, 15) is 31.2 Å². The molecule has 202 valence electrons. The van der Waals surface area contributed by atoms with Crippen LogP contribution in [0.3, 0.4) is 0 Å². The summed E-state index contributed by atoms with van der Waals surface area (Å²) in [6.45, 7) is 1.07. The average Bonchev–Trinajstić information content (AvgIpc) is 3.31. The number of rotatable bonds is 9. The summed E-state index contributed by atoms with van der Waals surface area (Å²) in [5.74, 6) is -0.723. The molecule has 38 heavy (non-hydrogen) atoms. The third-order valence-corrected chi connectivity index (χ3v) is 6.36. The number of hydrazone groups is 1. The number of ether oxygens (including phenoxy) is 1. The highest BCUT2D eigenvalue weighted by Gasteiger charge is 2.33. The van der Waals surface area contributed by atoms with Gasteiger partial charge in [0, 0.05) is 5.56 Å². The van der Waals surface area contributed by atoms with Gasteiger partial charge in [-0.25, -0.2) is 18.6 Å². The first-order chi connectivity index (χ1) is 17.8. The number of carbonyl (C=O) groups is 2. The Labute approximate surface area is 220 Å². The molecule has 0 aliphatic heterocycles. The second-order valence-electron chi connectivity index (χ2n) is 7.73. The number of hydrogen-bond acceptors (Lipinski definition) is 7. The van der Waals surface area contributed by atoms with E-state index in [-0.39, 0.29) is 17.4 Å². The van der Waals surface area contributed by atoms with Gasteiger partial charge in [0.1, 0.15) is 18.1 Å². The lowest BCUT2D eigenvalue weighted by Gasteiger charge is -2.23. The van der Waals surface area contributed by atoms with E-state index < -0.39 is 45.9 Å². The van der Waals surface area contributed by atoms with Crippen LogP contribution in [0.25, 0.3) is 11.3 Å². The Morgan fingerprint density at radius 2 is 1.82 bits per heavy atom. The van der Waals surface area contributed by atoms with Crippen molar-refractivity contribution in [3.63, 3.8) is 0 Å². The van der Waals surface area contributed by atoms with Gasteiger partial charge in [-0.05, 0) is 49.4 Å². The molecule has 0 aliphatic carbocycles. The SMILES string of the molecule is CCOC(=O)c1ccc(-c2ccc(/C=N\NC(=O)CN(c3cc(C(F)(F)F)ccc3Cl)S(C)(=O)=O)o2)cc1. The molecule has 14 heteroatoms. The summed E-state index contributed by atoms with van der Waals surface area (Å²) >= 11 is 5.94. The average molecular weight is 572 g/mol. The highest BCUT2D eigenvalue weighted by atomic mass is 35.5. The zero-order chi connectivity index (χ0) is 28.1. The minimum Gasteiger partial charge on any atom is -0.462 e. The summed E-state index contributed by atoms with van der Waals surface area (Å²) in [5.41, 5.74) is 1.49. The molecule has 0 bridgehead atoms. The molecule has 9 nitrogen and oxygen atoms in total. The van der Waals surface area contributed by atoms with Crippen LogP contribution in [0.4, 0.5) is 18.9 Å². The fourth-order valence-corrected chi connectivity index (χ4v) is 4.29. The van der Waals surface area contributed by atoms with Gasteiger partial charge in [-0.1, -0.05) is 23.7 Å². The van der Waals surface area contributed by atoms with E-state index in [1.54, 1.807) is 43.3 Å². The predicted molar refractivity (Wildman–Crippen MR) is 134 cm³/mol. The molecule has 1 aromatic heterocycles. The molecule has 0 fully saturated rings. The van der Waals surface area contributed by atoms with E-state index in [1.807, 2.05) is 0 Å². The van der Waals surface area contributed by atoms with Crippen LogP contribution in [0.1, 0.15) is 28.6 Å². The molecule has 1 heterocycles. The van der Waals surface area contributed by atoms with Crippen LogP contribution in [-0.2, 0) is 25.7 Å². The Kier molecular flexibility index (Phi) is 8.84.